The largest absolute Gasteiger partial charge is 0.494 e. The van der Waals surface area contributed by atoms with Gasteiger partial charge in [-0.3, -0.25) is 9.59 Å². The van der Waals surface area contributed by atoms with E-state index in [1.165, 1.54) is 4.68 Å². The predicted molar refractivity (Wildman–Crippen MR) is 130 cm³/mol. The second-order valence-corrected chi connectivity index (χ2v) is 8.22. The first-order valence-corrected chi connectivity index (χ1v) is 11.1. The van der Waals surface area contributed by atoms with Gasteiger partial charge in [0, 0.05) is 34.0 Å². The molecule has 0 aliphatic carbocycles. The zero-order valence-corrected chi connectivity index (χ0v) is 19.5. The van der Waals surface area contributed by atoms with Gasteiger partial charge in [0.05, 0.1) is 18.2 Å². The Bertz CT molecular complexity index is 1370. The summed E-state index contributed by atoms with van der Waals surface area (Å²) in [4.78, 5) is 25.7. The number of benzene rings is 2. The maximum atomic E-state index is 13.2. The van der Waals surface area contributed by atoms with Crippen molar-refractivity contribution in [2.75, 3.05) is 11.9 Å². The number of hydrogen-bond donors (Lipinski definition) is 1. The highest BCUT2D eigenvalue weighted by Gasteiger charge is 2.17. The van der Waals surface area contributed by atoms with Gasteiger partial charge in [0.1, 0.15) is 12.3 Å². The highest BCUT2D eigenvalue weighted by Crippen LogP contribution is 2.24. The second kappa shape index (κ2) is 9.50. The van der Waals surface area contributed by atoms with Crippen molar-refractivity contribution in [1.82, 2.24) is 14.3 Å². The number of amides is 1. The van der Waals surface area contributed by atoms with Gasteiger partial charge in [0.2, 0.25) is 5.91 Å². The minimum Gasteiger partial charge on any atom is -0.494 e. The van der Waals surface area contributed by atoms with Crippen molar-refractivity contribution in [3.8, 4) is 5.75 Å². The van der Waals surface area contributed by atoms with Crippen LogP contribution in [0.3, 0.4) is 0 Å². The summed E-state index contributed by atoms with van der Waals surface area (Å²) >= 11 is 6.13. The molecule has 1 amide bonds. The Kier molecular flexibility index (Phi) is 6.51. The van der Waals surface area contributed by atoms with Gasteiger partial charge in [-0.05, 0) is 62.7 Å². The maximum Gasteiger partial charge on any atom is 0.276 e. The fraction of sp³-hybridized carbons (Fsp3) is 0.240. The molecule has 7 nitrogen and oxygen atoms in total. The van der Waals surface area contributed by atoms with Crippen LogP contribution in [0.1, 0.15) is 23.9 Å². The minimum atomic E-state index is -0.333. The smallest absolute Gasteiger partial charge is 0.276 e. The van der Waals surface area contributed by atoms with Crippen LogP contribution in [0, 0.1) is 13.8 Å². The standard InChI is InChI=1S/C25H25ClN4O3/c1-4-33-21-10-8-20(9-11-21)28-23(31)15-30-25(32)24-17(3)29(16(2)22(24)13-27-30)14-18-6-5-7-19(26)12-18/h5-13H,4,14-15H2,1-3H3,(H,28,31). The van der Waals surface area contributed by atoms with E-state index in [-0.39, 0.29) is 18.0 Å². The number of carbonyl (C=O) groups excluding carboxylic acids is 1. The van der Waals surface area contributed by atoms with Gasteiger partial charge in [-0.1, -0.05) is 23.7 Å². The highest BCUT2D eigenvalue weighted by molar-refractivity contribution is 6.30. The maximum absolute atomic E-state index is 13.2. The van der Waals surface area contributed by atoms with Crippen LogP contribution < -0.4 is 15.6 Å². The second-order valence-electron chi connectivity index (χ2n) is 7.79. The molecule has 1 N–H and O–H groups in total. The van der Waals surface area contributed by atoms with Crippen LogP contribution in [0.2, 0.25) is 5.02 Å². The molecule has 4 rings (SSSR count). The van der Waals surface area contributed by atoms with Crippen molar-refractivity contribution in [3.05, 3.63) is 87.1 Å². The molecule has 2 heterocycles. The summed E-state index contributed by atoms with van der Waals surface area (Å²) in [5.41, 5.74) is 3.14. The van der Waals surface area contributed by atoms with Crippen LogP contribution in [-0.4, -0.2) is 26.9 Å². The summed E-state index contributed by atoms with van der Waals surface area (Å²) in [7, 11) is 0. The molecule has 0 bridgehead atoms. The Morgan fingerprint density at radius 1 is 1.12 bits per heavy atom. The number of anilines is 1. The summed E-state index contributed by atoms with van der Waals surface area (Å²) in [5.74, 6) is 0.396. The average molecular weight is 465 g/mol. The third-order valence-corrected chi connectivity index (χ3v) is 5.81. The van der Waals surface area contributed by atoms with E-state index in [4.69, 9.17) is 16.3 Å². The summed E-state index contributed by atoms with van der Waals surface area (Å²) in [6.07, 6.45) is 1.65. The van der Waals surface area contributed by atoms with Crippen molar-refractivity contribution in [2.24, 2.45) is 0 Å². The molecule has 8 heteroatoms. The number of ether oxygens (including phenoxy) is 1. The average Bonchev–Trinajstić information content (AvgIpc) is 3.02. The highest BCUT2D eigenvalue weighted by atomic mass is 35.5. The molecule has 0 spiro atoms. The zero-order valence-electron chi connectivity index (χ0n) is 18.8. The fourth-order valence-corrected chi connectivity index (χ4v) is 4.16. The number of aryl methyl sites for hydroxylation is 2. The first-order valence-electron chi connectivity index (χ1n) is 10.7. The van der Waals surface area contributed by atoms with E-state index in [1.54, 1.807) is 30.5 Å². The molecule has 2 aromatic carbocycles. The first kappa shape index (κ1) is 22.6. The summed E-state index contributed by atoms with van der Waals surface area (Å²) in [6.45, 7) is 6.76. The van der Waals surface area contributed by atoms with E-state index in [1.807, 2.05) is 45.0 Å². The van der Waals surface area contributed by atoms with Crippen molar-refractivity contribution >= 4 is 34.0 Å². The van der Waals surface area contributed by atoms with E-state index in [2.05, 4.69) is 15.0 Å². The number of nitrogens with one attached hydrogen (secondary N) is 1. The van der Waals surface area contributed by atoms with Crippen LogP contribution in [0.5, 0.6) is 5.75 Å². The molecule has 0 atom stereocenters. The van der Waals surface area contributed by atoms with E-state index < -0.39 is 0 Å². The number of hydrogen-bond acceptors (Lipinski definition) is 4. The van der Waals surface area contributed by atoms with E-state index in [0.717, 1.165) is 28.1 Å². The molecule has 0 aliphatic heterocycles. The van der Waals surface area contributed by atoms with Crippen molar-refractivity contribution < 1.29 is 9.53 Å². The van der Waals surface area contributed by atoms with Gasteiger partial charge >= 0.3 is 0 Å². The Labute approximate surface area is 196 Å². The molecule has 33 heavy (non-hydrogen) atoms. The van der Waals surface area contributed by atoms with E-state index >= 15 is 0 Å². The zero-order chi connectivity index (χ0) is 23.5. The number of rotatable bonds is 7. The normalized spacial score (nSPS) is 11.0. The lowest BCUT2D eigenvalue weighted by Crippen LogP contribution is -2.29. The SMILES string of the molecule is CCOc1ccc(NC(=O)Cn2ncc3c(C)n(Cc4cccc(Cl)c4)c(C)c3c2=O)cc1. The molecule has 2 aromatic heterocycles. The van der Waals surface area contributed by atoms with Gasteiger partial charge < -0.3 is 14.6 Å². The topological polar surface area (TPSA) is 78.2 Å². The van der Waals surface area contributed by atoms with Crippen molar-refractivity contribution in [1.29, 1.82) is 0 Å². The molecule has 0 unspecified atom stereocenters. The Morgan fingerprint density at radius 2 is 1.88 bits per heavy atom. The molecule has 170 valence electrons. The molecule has 0 saturated heterocycles. The Balaban J connectivity index is 1.58. The third kappa shape index (κ3) is 4.78. The third-order valence-electron chi connectivity index (χ3n) is 5.58. The van der Waals surface area contributed by atoms with Gasteiger partial charge in [-0.15, -0.1) is 0 Å². The minimum absolute atomic E-state index is 0.181. The van der Waals surface area contributed by atoms with Gasteiger partial charge in [-0.2, -0.15) is 5.10 Å². The number of halogens is 1. The number of carbonyl (C=O) groups is 1. The lowest BCUT2D eigenvalue weighted by Gasteiger charge is -2.09. The van der Waals surface area contributed by atoms with Gasteiger partial charge in [0.15, 0.2) is 0 Å². The van der Waals surface area contributed by atoms with E-state index in [0.29, 0.717) is 29.2 Å². The molecule has 0 aliphatic rings. The van der Waals surface area contributed by atoms with Crippen LogP contribution in [0.25, 0.3) is 10.8 Å². The molecular formula is C25H25ClN4O3. The molecular weight excluding hydrogens is 440 g/mol. The molecule has 0 saturated carbocycles. The first-order chi connectivity index (χ1) is 15.9. The fourth-order valence-electron chi connectivity index (χ4n) is 3.95. The monoisotopic (exact) mass is 464 g/mol. The van der Waals surface area contributed by atoms with Crippen molar-refractivity contribution in [2.45, 2.75) is 33.9 Å². The van der Waals surface area contributed by atoms with Crippen molar-refractivity contribution in [3.63, 3.8) is 0 Å². The number of fused-ring (bicyclic) bond motifs is 1. The van der Waals surface area contributed by atoms with Crippen LogP contribution >= 0.6 is 11.6 Å². The summed E-state index contributed by atoms with van der Waals surface area (Å²) in [5, 5.41) is 9.06. The van der Waals surface area contributed by atoms with Crippen LogP contribution in [-0.2, 0) is 17.9 Å². The van der Waals surface area contributed by atoms with Gasteiger partial charge in [-0.25, -0.2) is 4.68 Å². The molecule has 0 fully saturated rings. The summed E-state index contributed by atoms with van der Waals surface area (Å²) < 4.78 is 8.68. The number of aromatic nitrogens is 3. The van der Waals surface area contributed by atoms with Crippen LogP contribution in [0.4, 0.5) is 5.69 Å². The lowest BCUT2D eigenvalue weighted by molar-refractivity contribution is -0.117. The van der Waals surface area contributed by atoms with Crippen LogP contribution in [0.15, 0.2) is 59.5 Å². The quantitative estimate of drug-likeness (QED) is 0.435. The predicted octanol–water partition coefficient (Wildman–Crippen LogP) is 4.55. The lowest BCUT2D eigenvalue weighted by atomic mass is 10.2. The van der Waals surface area contributed by atoms with Gasteiger partial charge in [0.25, 0.3) is 5.56 Å². The number of nitrogens with zero attached hydrogens (tertiary/aromatic N) is 3. The Hall–Kier alpha value is -3.58. The van der Waals surface area contributed by atoms with E-state index in [9.17, 15) is 9.59 Å². The molecule has 4 aromatic rings. The Morgan fingerprint density at radius 3 is 2.58 bits per heavy atom. The summed E-state index contributed by atoms with van der Waals surface area (Å²) in [6, 6.07) is 14.7. The molecule has 0 radical (unpaired) electrons.